The molecule has 2 rings (SSSR count). The van der Waals surface area contributed by atoms with Crippen LogP contribution in [0.15, 0.2) is 24.3 Å². The summed E-state index contributed by atoms with van der Waals surface area (Å²) in [7, 11) is 1.60. The predicted molar refractivity (Wildman–Crippen MR) is 78.0 cm³/mol. The number of nitrogens with zero attached hydrogens (tertiary/aromatic N) is 1. The Morgan fingerprint density at radius 2 is 1.86 bits per heavy atom. The molecule has 2 amide bonds. The van der Waals surface area contributed by atoms with E-state index < -0.39 is 11.7 Å². The van der Waals surface area contributed by atoms with E-state index in [1.165, 1.54) is 4.90 Å². The molecule has 114 valence electrons. The zero-order chi connectivity index (χ0) is 15.6. The van der Waals surface area contributed by atoms with Crippen molar-refractivity contribution in [1.29, 1.82) is 0 Å². The Labute approximate surface area is 124 Å². The van der Waals surface area contributed by atoms with Gasteiger partial charge in [-0.1, -0.05) is 12.1 Å². The molecule has 1 aliphatic heterocycles. The first-order chi connectivity index (χ1) is 9.81. The van der Waals surface area contributed by atoms with Crippen LogP contribution < -0.4 is 4.74 Å². The molecule has 0 saturated carbocycles. The predicted octanol–water partition coefficient (Wildman–Crippen LogP) is 3.29. The van der Waals surface area contributed by atoms with Gasteiger partial charge in [0.05, 0.1) is 13.2 Å². The number of carbonyl (C=O) groups is 2. The van der Waals surface area contributed by atoms with Crippen molar-refractivity contribution in [3.8, 4) is 5.75 Å². The summed E-state index contributed by atoms with van der Waals surface area (Å²) < 4.78 is 10.5. The van der Waals surface area contributed by atoms with Crippen molar-refractivity contribution in [2.45, 2.75) is 45.3 Å². The van der Waals surface area contributed by atoms with Gasteiger partial charge in [0.1, 0.15) is 11.4 Å². The lowest BCUT2D eigenvalue weighted by Gasteiger charge is -2.27. The number of imide groups is 1. The van der Waals surface area contributed by atoms with E-state index >= 15 is 0 Å². The fourth-order valence-corrected chi connectivity index (χ4v) is 2.37. The van der Waals surface area contributed by atoms with Crippen LogP contribution in [0.2, 0.25) is 0 Å². The van der Waals surface area contributed by atoms with Crippen LogP contribution in [0.3, 0.4) is 0 Å². The number of ether oxygens (including phenoxy) is 2. The van der Waals surface area contributed by atoms with Crippen LogP contribution in [0.4, 0.5) is 4.79 Å². The van der Waals surface area contributed by atoms with Gasteiger partial charge >= 0.3 is 6.09 Å². The first-order valence-electron chi connectivity index (χ1n) is 7.01. The number of hydrogen-bond acceptors (Lipinski definition) is 4. The summed E-state index contributed by atoms with van der Waals surface area (Å²) in [6.07, 6.45) is 0.395. The van der Waals surface area contributed by atoms with Crippen molar-refractivity contribution in [3.05, 3.63) is 29.8 Å². The molecule has 5 heteroatoms. The maximum atomic E-state index is 12.2. The van der Waals surface area contributed by atoms with Crippen molar-refractivity contribution in [3.63, 3.8) is 0 Å². The lowest BCUT2D eigenvalue weighted by atomic mass is 10.0. The molecule has 0 aromatic heterocycles. The first-order valence-corrected chi connectivity index (χ1v) is 7.01. The number of hydrogen-bond donors (Lipinski definition) is 0. The van der Waals surface area contributed by atoms with Gasteiger partial charge in [-0.05, 0) is 44.9 Å². The van der Waals surface area contributed by atoms with Crippen molar-refractivity contribution in [2.75, 3.05) is 7.11 Å². The summed E-state index contributed by atoms with van der Waals surface area (Å²) in [5.41, 5.74) is 0.289. The van der Waals surface area contributed by atoms with E-state index in [0.717, 1.165) is 11.3 Å². The highest BCUT2D eigenvalue weighted by atomic mass is 16.6. The van der Waals surface area contributed by atoms with Crippen molar-refractivity contribution in [2.24, 2.45) is 0 Å². The Hall–Kier alpha value is -2.04. The summed E-state index contributed by atoms with van der Waals surface area (Å²) in [5, 5.41) is 0. The summed E-state index contributed by atoms with van der Waals surface area (Å²) in [6.45, 7) is 5.36. The van der Waals surface area contributed by atoms with Gasteiger partial charge in [-0.25, -0.2) is 9.69 Å². The van der Waals surface area contributed by atoms with E-state index in [0.29, 0.717) is 12.8 Å². The molecule has 0 spiro atoms. The molecule has 5 nitrogen and oxygen atoms in total. The van der Waals surface area contributed by atoms with Gasteiger partial charge in [0, 0.05) is 6.42 Å². The molecule has 1 heterocycles. The molecular formula is C16H21NO4. The maximum Gasteiger partial charge on any atom is 0.417 e. The number of benzene rings is 1. The van der Waals surface area contributed by atoms with Crippen LogP contribution in [0, 0.1) is 0 Å². The third-order valence-electron chi connectivity index (χ3n) is 3.30. The van der Waals surface area contributed by atoms with Crippen LogP contribution in [0.25, 0.3) is 0 Å². The highest BCUT2D eigenvalue weighted by Crippen LogP contribution is 2.34. The zero-order valence-electron chi connectivity index (χ0n) is 12.9. The number of carbonyl (C=O) groups excluding carboxylic acids is 2. The maximum absolute atomic E-state index is 12.2. The fraction of sp³-hybridized carbons (Fsp3) is 0.500. The van der Waals surface area contributed by atoms with Crippen LogP contribution >= 0.6 is 0 Å². The summed E-state index contributed by atoms with van der Waals surface area (Å²) in [5.74, 6) is 0.553. The third kappa shape index (κ3) is 3.54. The van der Waals surface area contributed by atoms with Gasteiger partial charge < -0.3 is 9.47 Å². The normalized spacial score (nSPS) is 18.8. The summed E-state index contributed by atoms with van der Waals surface area (Å²) in [6, 6.07) is 7.13. The Morgan fingerprint density at radius 1 is 1.24 bits per heavy atom. The molecule has 0 N–H and O–H groups in total. The van der Waals surface area contributed by atoms with E-state index in [2.05, 4.69) is 0 Å². The molecule has 21 heavy (non-hydrogen) atoms. The van der Waals surface area contributed by atoms with E-state index in [1.54, 1.807) is 27.9 Å². The van der Waals surface area contributed by atoms with E-state index in [9.17, 15) is 9.59 Å². The number of rotatable bonds is 2. The minimum Gasteiger partial charge on any atom is -0.497 e. The standard InChI is InChI=1S/C16H21NO4/c1-16(2,3)21-15(19)17-13(9-10-14(17)18)11-5-7-12(20-4)8-6-11/h5-8,13H,9-10H2,1-4H3/t13-/m1/s1. The van der Waals surface area contributed by atoms with Crippen molar-refractivity contribution >= 4 is 12.0 Å². The third-order valence-corrected chi connectivity index (χ3v) is 3.30. The zero-order valence-corrected chi connectivity index (χ0v) is 12.9. The van der Waals surface area contributed by atoms with E-state index in [4.69, 9.17) is 9.47 Å². The minimum absolute atomic E-state index is 0.190. The van der Waals surface area contributed by atoms with Gasteiger partial charge in [-0.2, -0.15) is 0 Å². The molecule has 0 bridgehead atoms. The van der Waals surface area contributed by atoms with Crippen LogP contribution in [-0.2, 0) is 9.53 Å². The quantitative estimate of drug-likeness (QED) is 0.839. The Kier molecular flexibility index (Phi) is 4.21. The SMILES string of the molecule is COc1ccc([C@H]2CCC(=O)N2C(=O)OC(C)(C)C)cc1. The largest absolute Gasteiger partial charge is 0.497 e. The Balaban J connectivity index is 2.21. The molecule has 0 aliphatic carbocycles. The summed E-state index contributed by atoms with van der Waals surface area (Å²) in [4.78, 5) is 25.5. The van der Waals surface area contributed by atoms with E-state index in [1.807, 2.05) is 24.3 Å². The average Bonchev–Trinajstić information content (AvgIpc) is 2.79. The lowest BCUT2D eigenvalue weighted by Crippen LogP contribution is -2.38. The lowest BCUT2D eigenvalue weighted by molar-refractivity contribution is -0.128. The molecule has 1 aromatic rings. The highest BCUT2D eigenvalue weighted by Gasteiger charge is 2.39. The fourth-order valence-electron chi connectivity index (χ4n) is 2.37. The number of methoxy groups -OCH3 is 1. The minimum atomic E-state index is -0.621. The molecule has 1 saturated heterocycles. The van der Waals surface area contributed by atoms with Crippen LogP contribution in [0.5, 0.6) is 5.75 Å². The second-order valence-electron chi connectivity index (χ2n) is 6.07. The highest BCUT2D eigenvalue weighted by molar-refractivity contribution is 5.94. The molecule has 1 fully saturated rings. The van der Waals surface area contributed by atoms with Crippen molar-refractivity contribution in [1.82, 2.24) is 4.90 Å². The smallest absolute Gasteiger partial charge is 0.417 e. The number of likely N-dealkylation sites (tertiary alicyclic amines) is 1. The molecule has 0 radical (unpaired) electrons. The van der Waals surface area contributed by atoms with Crippen LogP contribution in [0.1, 0.15) is 45.2 Å². The monoisotopic (exact) mass is 291 g/mol. The van der Waals surface area contributed by atoms with Gasteiger partial charge in [0.2, 0.25) is 5.91 Å². The molecule has 0 unspecified atom stereocenters. The second kappa shape index (κ2) is 5.76. The van der Waals surface area contributed by atoms with Gasteiger partial charge in [0.25, 0.3) is 0 Å². The van der Waals surface area contributed by atoms with Gasteiger partial charge in [-0.15, -0.1) is 0 Å². The first kappa shape index (κ1) is 15.4. The van der Waals surface area contributed by atoms with Gasteiger partial charge in [-0.3, -0.25) is 4.79 Å². The van der Waals surface area contributed by atoms with Crippen LogP contribution in [-0.4, -0.2) is 29.6 Å². The molecule has 1 aliphatic rings. The average molecular weight is 291 g/mol. The van der Waals surface area contributed by atoms with Gasteiger partial charge in [0.15, 0.2) is 0 Å². The topological polar surface area (TPSA) is 55.8 Å². The number of amides is 2. The molecule has 1 aromatic carbocycles. The van der Waals surface area contributed by atoms with E-state index in [-0.39, 0.29) is 11.9 Å². The molecular weight excluding hydrogens is 270 g/mol. The Morgan fingerprint density at radius 3 is 2.38 bits per heavy atom. The second-order valence-corrected chi connectivity index (χ2v) is 6.07. The van der Waals surface area contributed by atoms with Crippen molar-refractivity contribution < 1.29 is 19.1 Å². The molecule has 1 atom stereocenters. The summed E-state index contributed by atoms with van der Waals surface area (Å²) >= 11 is 0. The Bertz CT molecular complexity index is 530.